The average Bonchev–Trinajstić information content (AvgIpc) is 3.06. The maximum absolute atomic E-state index is 13.4. The molecular weight excluding hydrogens is 611 g/mol. The number of fused-ring (bicyclic) bond motifs is 1. The van der Waals surface area contributed by atoms with E-state index in [1.54, 1.807) is 25.6 Å². The Kier molecular flexibility index (Phi) is 10.7. The molecule has 10 nitrogen and oxygen atoms in total. The number of hydrogen-bond acceptors (Lipinski definition) is 10. The Morgan fingerprint density at radius 2 is 1.74 bits per heavy atom. The van der Waals surface area contributed by atoms with Gasteiger partial charge in [-0.3, -0.25) is 0 Å². The van der Waals surface area contributed by atoms with E-state index in [0.717, 1.165) is 24.0 Å². The molecule has 3 aromatic carbocycles. The molecule has 0 radical (unpaired) electrons. The number of nitrogens with zero attached hydrogens (tertiary/aromatic N) is 5. The highest BCUT2D eigenvalue weighted by Gasteiger charge is 2.26. The van der Waals surface area contributed by atoms with Gasteiger partial charge in [0.25, 0.3) is 0 Å². The van der Waals surface area contributed by atoms with Crippen molar-refractivity contribution in [1.82, 2.24) is 19.9 Å². The van der Waals surface area contributed by atoms with Crippen molar-refractivity contribution < 1.29 is 23.7 Å². The van der Waals surface area contributed by atoms with Crippen LogP contribution < -0.4 is 24.4 Å². The fraction of sp³-hybridized carbons (Fsp3) is 0.294. The number of para-hydroxylation sites is 1. The van der Waals surface area contributed by atoms with Crippen LogP contribution in [0.2, 0.25) is 5.02 Å². The molecule has 0 amide bonds. The van der Waals surface area contributed by atoms with Crippen LogP contribution in [0.1, 0.15) is 32.3 Å². The quantitative estimate of drug-likeness (QED) is 0.115. The lowest BCUT2D eigenvalue weighted by Gasteiger charge is -2.40. The molecule has 240 valence electrons. The van der Waals surface area contributed by atoms with E-state index in [1.165, 1.54) is 18.5 Å². The van der Waals surface area contributed by atoms with Crippen molar-refractivity contribution in [3.05, 3.63) is 95.8 Å². The van der Waals surface area contributed by atoms with E-state index in [4.69, 9.17) is 25.8 Å². The van der Waals surface area contributed by atoms with Crippen LogP contribution in [0.25, 0.3) is 10.9 Å². The Bertz CT molecular complexity index is 1740. The van der Waals surface area contributed by atoms with Gasteiger partial charge in [0, 0.05) is 35.8 Å². The highest BCUT2D eigenvalue weighted by molar-refractivity contribution is 6.30. The van der Waals surface area contributed by atoms with Crippen molar-refractivity contribution in [2.24, 2.45) is 0 Å². The molecule has 2 aromatic heterocycles. The molecule has 5 rings (SSSR count). The van der Waals surface area contributed by atoms with Crippen molar-refractivity contribution in [1.29, 1.82) is 0 Å². The first-order valence-electron chi connectivity index (χ1n) is 14.8. The normalized spacial score (nSPS) is 11.3. The molecule has 0 fully saturated rings. The van der Waals surface area contributed by atoms with Crippen molar-refractivity contribution in [2.75, 3.05) is 37.1 Å². The summed E-state index contributed by atoms with van der Waals surface area (Å²) in [7, 11) is 1.59. The molecule has 0 aliphatic carbocycles. The van der Waals surface area contributed by atoms with Crippen LogP contribution in [0.4, 0.5) is 21.6 Å². The largest absolute Gasteiger partial charge is 0.493 e. The molecular formula is C34H36ClFN6O4. The first-order valence-corrected chi connectivity index (χ1v) is 15.2. The number of halogens is 2. The average molecular weight is 647 g/mol. The van der Waals surface area contributed by atoms with E-state index >= 15 is 0 Å². The van der Waals surface area contributed by atoms with Crippen molar-refractivity contribution in [3.63, 3.8) is 0 Å². The Balaban J connectivity index is 1.23. The number of aromatic nitrogens is 4. The summed E-state index contributed by atoms with van der Waals surface area (Å²) in [6.45, 7) is 5.72. The van der Waals surface area contributed by atoms with Crippen molar-refractivity contribution in [3.8, 4) is 17.5 Å². The van der Waals surface area contributed by atoms with E-state index in [9.17, 15) is 9.50 Å². The Morgan fingerprint density at radius 3 is 2.46 bits per heavy atom. The van der Waals surface area contributed by atoms with Crippen LogP contribution in [0.15, 0.2) is 79.4 Å². The highest BCUT2D eigenvalue weighted by Crippen LogP contribution is 2.35. The second-order valence-corrected chi connectivity index (χ2v) is 11.5. The van der Waals surface area contributed by atoms with Crippen molar-refractivity contribution in [2.45, 2.75) is 38.8 Å². The summed E-state index contributed by atoms with van der Waals surface area (Å²) in [4.78, 5) is 19.7. The summed E-state index contributed by atoms with van der Waals surface area (Å²) >= 11 is 5.84. The summed E-state index contributed by atoms with van der Waals surface area (Å²) in [6.07, 6.45) is 6.01. The van der Waals surface area contributed by atoms with Gasteiger partial charge in [-0.15, -0.1) is 0 Å². The number of benzene rings is 3. The maximum atomic E-state index is 13.4. The lowest BCUT2D eigenvalue weighted by atomic mass is 9.97. The lowest BCUT2D eigenvalue weighted by Crippen LogP contribution is -2.45. The minimum absolute atomic E-state index is 0.0264. The number of ether oxygens (including phenoxy) is 3. The van der Waals surface area contributed by atoms with Gasteiger partial charge in [0.2, 0.25) is 0 Å². The summed E-state index contributed by atoms with van der Waals surface area (Å²) in [5.41, 5.74) is 2.82. The fourth-order valence-electron chi connectivity index (χ4n) is 5.01. The number of rotatable bonds is 15. The molecule has 0 bridgehead atoms. The van der Waals surface area contributed by atoms with Crippen LogP contribution in [0.3, 0.4) is 0 Å². The summed E-state index contributed by atoms with van der Waals surface area (Å²) in [5, 5.41) is 13.6. The third kappa shape index (κ3) is 8.09. The molecule has 12 heteroatoms. The summed E-state index contributed by atoms with van der Waals surface area (Å²) in [5.74, 6) is 1.18. The molecule has 0 saturated carbocycles. The van der Waals surface area contributed by atoms with Crippen LogP contribution >= 0.6 is 11.6 Å². The smallest absolute Gasteiger partial charge is 0.316 e. The van der Waals surface area contributed by atoms with Gasteiger partial charge in [0.15, 0.2) is 11.5 Å². The molecule has 2 N–H and O–H groups in total. The minimum atomic E-state index is -0.489. The zero-order chi connectivity index (χ0) is 32.5. The van der Waals surface area contributed by atoms with E-state index in [2.05, 4.69) is 56.1 Å². The molecule has 0 atom stereocenters. The second-order valence-electron chi connectivity index (χ2n) is 11.1. The topological polar surface area (TPSA) is 115 Å². The number of anilines is 3. The van der Waals surface area contributed by atoms with E-state index < -0.39 is 5.82 Å². The summed E-state index contributed by atoms with van der Waals surface area (Å²) < 4.78 is 30.9. The summed E-state index contributed by atoms with van der Waals surface area (Å²) in [6, 6.07) is 18.4. The number of hydrogen-bond donors (Lipinski definition) is 2. The molecule has 46 heavy (non-hydrogen) atoms. The molecule has 5 aromatic rings. The SMILES string of the molecule is COc1cc2c(Nc3cnc(OCc4ccc(F)c(Cl)c4)nc3)ncnc2cc1OCCCN(c1ccccc1)C(C)(C)CCO. The third-order valence-electron chi connectivity index (χ3n) is 7.47. The molecule has 0 unspecified atom stereocenters. The van der Waals surface area contributed by atoms with Gasteiger partial charge in [-0.1, -0.05) is 35.9 Å². The first kappa shape index (κ1) is 32.6. The Morgan fingerprint density at radius 1 is 0.957 bits per heavy atom. The minimum Gasteiger partial charge on any atom is -0.493 e. The predicted molar refractivity (Wildman–Crippen MR) is 177 cm³/mol. The molecule has 2 heterocycles. The number of aliphatic hydroxyl groups is 1. The monoisotopic (exact) mass is 646 g/mol. The van der Waals surface area contributed by atoms with Crippen LogP contribution in [-0.2, 0) is 6.61 Å². The van der Waals surface area contributed by atoms with Crippen LogP contribution in [0.5, 0.6) is 17.5 Å². The van der Waals surface area contributed by atoms with Crippen molar-refractivity contribution >= 4 is 39.7 Å². The van der Waals surface area contributed by atoms with E-state index in [-0.39, 0.29) is 29.8 Å². The highest BCUT2D eigenvalue weighted by atomic mass is 35.5. The molecule has 0 aliphatic heterocycles. The predicted octanol–water partition coefficient (Wildman–Crippen LogP) is 6.98. The molecule has 0 spiro atoms. The lowest BCUT2D eigenvalue weighted by molar-refractivity contribution is 0.243. The molecule has 0 saturated heterocycles. The second kappa shape index (κ2) is 15.0. The Labute approximate surface area is 272 Å². The number of aliphatic hydroxyl groups excluding tert-OH is 1. The van der Waals surface area contributed by atoms with Gasteiger partial charge in [-0.2, -0.15) is 0 Å². The number of nitrogens with one attached hydrogen (secondary N) is 1. The first-order chi connectivity index (χ1) is 22.3. The fourth-order valence-corrected chi connectivity index (χ4v) is 5.21. The standard InChI is InChI=1S/C34H36ClFN6O4/c1-34(2,12-14-43)42(25-8-5-4-6-9-25)13-7-15-45-31-18-29-26(17-30(31)44-3)32(40-22-39-29)41-24-19-37-33(38-20-24)46-21-23-10-11-28(36)27(35)16-23/h4-6,8-11,16-20,22,43H,7,12-15,21H2,1-3H3,(H,39,40,41). The third-order valence-corrected chi connectivity index (χ3v) is 7.76. The van der Waals surface area contributed by atoms with Gasteiger partial charge >= 0.3 is 6.01 Å². The molecule has 0 aliphatic rings. The van der Waals surface area contributed by atoms with Gasteiger partial charge in [-0.05, 0) is 62.6 Å². The number of methoxy groups -OCH3 is 1. The zero-order valence-corrected chi connectivity index (χ0v) is 26.7. The van der Waals surface area contributed by atoms with E-state index in [1.807, 2.05) is 30.3 Å². The van der Waals surface area contributed by atoms with Gasteiger partial charge in [0.1, 0.15) is 24.6 Å². The van der Waals surface area contributed by atoms with Gasteiger partial charge in [0.05, 0.1) is 42.3 Å². The van der Waals surface area contributed by atoms with Crippen LogP contribution in [-0.4, -0.2) is 57.4 Å². The maximum Gasteiger partial charge on any atom is 0.316 e. The Hall–Kier alpha value is -4.74. The zero-order valence-electron chi connectivity index (χ0n) is 25.9. The van der Waals surface area contributed by atoms with Crippen LogP contribution in [0, 0.1) is 5.82 Å². The van der Waals surface area contributed by atoms with Gasteiger partial charge < -0.3 is 29.5 Å². The van der Waals surface area contributed by atoms with E-state index in [0.29, 0.717) is 47.1 Å². The van der Waals surface area contributed by atoms with Gasteiger partial charge in [-0.25, -0.2) is 24.3 Å².